The summed E-state index contributed by atoms with van der Waals surface area (Å²) >= 11 is 0. The minimum absolute atomic E-state index is 0.277. The Balaban J connectivity index is 1.60. The van der Waals surface area contributed by atoms with Crippen LogP contribution in [0.5, 0.6) is 0 Å². The van der Waals surface area contributed by atoms with Gasteiger partial charge in [0.15, 0.2) is 0 Å². The second kappa shape index (κ2) is 5.70. The van der Waals surface area contributed by atoms with Crippen LogP contribution >= 0.6 is 0 Å². The van der Waals surface area contributed by atoms with Crippen LogP contribution in [0.2, 0.25) is 0 Å². The van der Waals surface area contributed by atoms with Gasteiger partial charge < -0.3 is 0 Å². The molecule has 0 aliphatic carbocycles. The molecule has 6 heteroatoms. The van der Waals surface area contributed by atoms with Gasteiger partial charge in [0.2, 0.25) is 5.78 Å². The molecule has 1 unspecified atom stereocenters. The molecule has 4 rings (SSSR count). The first-order valence-electron chi connectivity index (χ1n) is 8.24. The minimum atomic E-state index is 0.277. The Bertz CT molecular complexity index is 997. The largest absolute Gasteiger partial charge is 0.291 e. The quantitative estimate of drug-likeness (QED) is 0.625. The van der Waals surface area contributed by atoms with Crippen molar-refractivity contribution < 1.29 is 0 Å². The molecule has 0 aliphatic rings. The Morgan fingerprint density at radius 1 is 1.04 bits per heavy atom. The molecule has 0 saturated heterocycles. The van der Waals surface area contributed by atoms with Crippen molar-refractivity contribution in [3.8, 4) is 0 Å². The van der Waals surface area contributed by atoms with Crippen LogP contribution in [-0.2, 0) is 6.42 Å². The van der Waals surface area contributed by atoms with Crippen LogP contribution in [0.3, 0.4) is 0 Å². The van der Waals surface area contributed by atoms with Crippen molar-refractivity contribution in [1.82, 2.24) is 29.5 Å². The molecule has 4 aromatic heterocycles. The Hall–Kier alpha value is -2.76. The molecule has 0 aliphatic heterocycles. The van der Waals surface area contributed by atoms with E-state index in [0.717, 1.165) is 40.3 Å². The molecule has 0 spiro atoms. The van der Waals surface area contributed by atoms with E-state index in [1.165, 1.54) is 0 Å². The third-order valence-electron chi connectivity index (χ3n) is 4.33. The van der Waals surface area contributed by atoms with Crippen molar-refractivity contribution in [2.45, 2.75) is 39.0 Å². The van der Waals surface area contributed by atoms with E-state index in [1.807, 2.05) is 16.7 Å². The second-order valence-corrected chi connectivity index (χ2v) is 6.59. The third kappa shape index (κ3) is 2.64. The average molecular weight is 320 g/mol. The summed E-state index contributed by atoms with van der Waals surface area (Å²) in [5.41, 5.74) is 5.02. The lowest BCUT2D eigenvalue weighted by atomic mass is 10.0. The molecule has 1 atom stereocenters. The summed E-state index contributed by atoms with van der Waals surface area (Å²) in [6, 6.07) is 6.14. The molecule has 0 fully saturated rings. The van der Waals surface area contributed by atoms with Crippen LogP contribution in [0.1, 0.15) is 49.7 Å². The van der Waals surface area contributed by atoms with Crippen molar-refractivity contribution in [1.29, 1.82) is 0 Å². The molecule has 4 aromatic rings. The van der Waals surface area contributed by atoms with E-state index in [2.05, 4.69) is 64.3 Å². The smallest absolute Gasteiger partial charge is 0.234 e. The number of rotatable bonds is 4. The molecular formula is C18H20N6. The van der Waals surface area contributed by atoms with Crippen molar-refractivity contribution in [2.75, 3.05) is 0 Å². The van der Waals surface area contributed by atoms with E-state index in [-0.39, 0.29) is 5.92 Å². The first kappa shape index (κ1) is 14.8. The summed E-state index contributed by atoms with van der Waals surface area (Å²) in [5.74, 6) is 1.44. The van der Waals surface area contributed by atoms with E-state index in [1.54, 1.807) is 6.20 Å². The number of hydrogen-bond donors (Lipinski definition) is 1. The van der Waals surface area contributed by atoms with Gasteiger partial charge in [-0.1, -0.05) is 20.8 Å². The summed E-state index contributed by atoms with van der Waals surface area (Å²) in [5, 5.41) is 6.96. The standard InChI is InChI=1S/C18H20N6/c1-11(2)14-6-7-24-10-13(20-18(24)22-14)8-12(3)15-4-5-16-17(21-15)9-19-23-16/h4-7,9-12H,8H2,1-3H3,(H,19,23). The van der Waals surface area contributed by atoms with Crippen LogP contribution in [0.4, 0.5) is 0 Å². The van der Waals surface area contributed by atoms with E-state index in [4.69, 9.17) is 0 Å². The zero-order valence-electron chi connectivity index (χ0n) is 14.1. The third-order valence-corrected chi connectivity index (χ3v) is 4.33. The monoisotopic (exact) mass is 320 g/mol. The molecular weight excluding hydrogens is 300 g/mol. The highest BCUT2D eigenvalue weighted by atomic mass is 15.1. The first-order chi connectivity index (χ1) is 11.6. The Morgan fingerprint density at radius 3 is 2.75 bits per heavy atom. The molecule has 4 heterocycles. The zero-order chi connectivity index (χ0) is 16.7. The molecule has 0 aromatic carbocycles. The van der Waals surface area contributed by atoms with Crippen LogP contribution in [0, 0.1) is 0 Å². The SMILES string of the molecule is CC(C)c1ccn2cc(CC(C)c3ccc4[nH]ncc4n3)nc2n1. The van der Waals surface area contributed by atoms with Gasteiger partial charge in [0.1, 0.15) is 5.52 Å². The zero-order valence-corrected chi connectivity index (χ0v) is 14.1. The van der Waals surface area contributed by atoms with Crippen molar-refractivity contribution >= 4 is 16.8 Å². The molecule has 0 saturated carbocycles. The van der Waals surface area contributed by atoms with Gasteiger partial charge in [-0.25, -0.2) is 15.0 Å². The normalized spacial score (nSPS) is 13.2. The van der Waals surface area contributed by atoms with E-state index < -0.39 is 0 Å². The maximum Gasteiger partial charge on any atom is 0.234 e. The van der Waals surface area contributed by atoms with E-state index in [9.17, 15) is 0 Å². The fraction of sp³-hybridized carbons (Fsp3) is 0.333. The molecule has 0 amide bonds. The number of fused-ring (bicyclic) bond motifs is 2. The second-order valence-electron chi connectivity index (χ2n) is 6.59. The maximum atomic E-state index is 4.68. The lowest BCUT2D eigenvalue weighted by Gasteiger charge is -2.08. The lowest BCUT2D eigenvalue weighted by molar-refractivity contribution is 0.723. The summed E-state index contributed by atoms with van der Waals surface area (Å²) in [6.45, 7) is 6.45. The van der Waals surface area contributed by atoms with Gasteiger partial charge in [0.05, 0.1) is 17.4 Å². The van der Waals surface area contributed by atoms with Gasteiger partial charge in [-0.15, -0.1) is 0 Å². The topological polar surface area (TPSA) is 71.8 Å². The predicted octanol–water partition coefficient (Wildman–Crippen LogP) is 3.47. The van der Waals surface area contributed by atoms with E-state index in [0.29, 0.717) is 5.92 Å². The molecule has 24 heavy (non-hydrogen) atoms. The molecule has 0 bridgehead atoms. The molecule has 0 radical (unpaired) electrons. The van der Waals surface area contributed by atoms with Gasteiger partial charge in [0.25, 0.3) is 0 Å². The van der Waals surface area contributed by atoms with Gasteiger partial charge in [-0.05, 0) is 30.5 Å². The van der Waals surface area contributed by atoms with Gasteiger partial charge >= 0.3 is 0 Å². The maximum absolute atomic E-state index is 4.68. The highest BCUT2D eigenvalue weighted by Gasteiger charge is 2.13. The molecule has 6 nitrogen and oxygen atoms in total. The average Bonchev–Trinajstić information content (AvgIpc) is 3.18. The number of nitrogens with one attached hydrogen (secondary N) is 1. The summed E-state index contributed by atoms with van der Waals surface area (Å²) in [6.07, 6.45) is 6.68. The van der Waals surface area contributed by atoms with Crippen molar-refractivity contribution in [3.05, 3.63) is 53.9 Å². The number of H-pyrrole nitrogens is 1. The van der Waals surface area contributed by atoms with Crippen LogP contribution in [0.15, 0.2) is 36.8 Å². The van der Waals surface area contributed by atoms with Gasteiger partial charge in [0, 0.05) is 29.7 Å². The van der Waals surface area contributed by atoms with E-state index >= 15 is 0 Å². The number of aromatic nitrogens is 6. The minimum Gasteiger partial charge on any atom is -0.291 e. The Kier molecular flexibility index (Phi) is 3.52. The highest BCUT2D eigenvalue weighted by molar-refractivity contribution is 5.73. The Morgan fingerprint density at radius 2 is 1.92 bits per heavy atom. The Labute approximate surface area is 140 Å². The van der Waals surface area contributed by atoms with Crippen LogP contribution in [0.25, 0.3) is 16.8 Å². The highest BCUT2D eigenvalue weighted by Crippen LogP contribution is 2.21. The molecule has 122 valence electrons. The summed E-state index contributed by atoms with van der Waals surface area (Å²) in [4.78, 5) is 14.0. The fourth-order valence-corrected chi connectivity index (χ4v) is 2.89. The summed E-state index contributed by atoms with van der Waals surface area (Å²) < 4.78 is 1.99. The van der Waals surface area contributed by atoms with Gasteiger partial charge in [-0.3, -0.25) is 9.50 Å². The summed E-state index contributed by atoms with van der Waals surface area (Å²) in [7, 11) is 0. The van der Waals surface area contributed by atoms with Gasteiger partial charge in [-0.2, -0.15) is 5.10 Å². The number of pyridine rings is 1. The number of aromatic amines is 1. The van der Waals surface area contributed by atoms with Crippen molar-refractivity contribution in [2.24, 2.45) is 0 Å². The first-order valence-corrected chi connectivity index (χ1v) is 8.24. The number of imidazole rings is 1. The fourth-order valence-electron chi connectivity index (χ4n) is 2.89. The van der Waals surface area contributed by atoms with Crippen LogP contribution in [-0.4, -0.2) is 29.5 Å². The number of nitrogens with zero attached hydrogens (tertiary/aromatic N) is 5. The van der Waals surface area contributed by atoms with Crippen molar-refractivity contribution in [3.63, 3.8) is 0 Å². The molecule has 1 N–H and O–H groups in total. The lowest BCUT2D eigenvalue weighted by Crippen LogP contribution is -2.01. The van der Waals surface area contributed by atoms with Crippen LogP contribution < -0.4 is 0 Å². The predicted molar refractivity (Wildman–Crippen MR) is 93.1 cm³/mol. The number of hydrogen-bond acceptors (Lipinski definition) is 4.